The molecule has 0 spiro atoms. The van der Waals surface area contributed by atoms with Crippen molar-refractivity contribution in [3.63, 3.8) is 0 Å². The summed E-state index contributed by atoms with van der Waals surface area (Å²) >= 11 is 0. The Hall–Kier alpha value is -3.05. The zero-order valence-corrected chi connectivity index (χ0v) is 16.7. The topological polar surface area (TPSA) is 112 Å². The first-order chi connectivity index (χ1) is 14.1. The van der Waals surface area contributed by atoms with Gasteiger partial charge in [0.15, 0.2) is 0 Å². The SMILES string of the molecule is CCc1cc(N2CCN(S(=O)(=O)c3c[nH]c4ncccc34)CC2)n2ncnc2n1. The van der Waals surface area contributed by atoms with E-state index in [1.165, 1.54) is 16.8 Å². The standard InChI is InChI=1S/C18H20N8O2S/c1-2-13-10-16(26-18(23-13)21-12-22-26)24-6-8-25(9-7-24)29(27,28)15-11-20-17-14(15)4-3-5-19-17/h3-5,10-12H,2,6-9H2,1H3,(H,19,20). The average Bonchev–Trinajstić information content (AvgIpc) is 3.40. The number of fused-ring (bicyclic) bond motifs is 2. The van der Waals surface area contributed by atoms with Gasteiger partial charge in [0.25, 0.3) is 5.78 Å². The van der Waals surface area contributed by atoms with Crippen LogP contribution >= 0.6 is 0 Å². The van der Waals surface area contributed by atoms with Crippen molar-refractivity contribution in [2.45, 2.75) is 18.2 Å². The lowest BCUT2D eigenvalue weighted by Gasteiger charge is -2.35. The second kappa shape index (κ2) is 6.78. The minimum atomic E-state index is -3.61. The molecule has 150 valence electrons. The van der Waals surface area contributed by atoms with E-state index in [1.807, 2.05) is 13.0 Å². The molecule has 0 unspecified atom stereocenters. The molecule has 0 bridgehead atoms. The molecule has 11 heteroatoms. The van der Waals surface area contributed by atoms with Crippen LogP contribution in [0.5, 0.6) is 0 Å². The third kappa shape index (κ3) is 2.93. The number of H-pyrrole nitrogens is 1. The Bertz CT molecular complexity index is 1290. The van der Waals surface area contributed by atoms with Crippen LogP contribution < -0.4 is 4.90 Å². The van der Waals surface area contributed by atoms with Gasteiger partial charge in [-0.3, -0.25) is 0 Å². The van der Waals surface area contributed by atoms with Crippen LogP contribution in [0.25, 0.3) is 16.8 Å². The molecular formula is C18H20N8O2S. The van der Waals surface area contributed by atoms with E-state index >= 15 is 0 Å². The molecule has 5 rings (SSSR count). The van der Waals surface area contributed by atoms with Crippen molar-refractivity contribution in [2.75, 3.05) is 31.1 Å². The Balaban J connectivity index is 1.41. The van der Waals surface area contributed by atoms with Crippen LogP contribution in [-0.4, -0.2) is 68.5 Å². The van der Waals surface area contributed by atoms with Crippen LogP contribution in [0, 0.1) is 0 Å². The summed E-state index contributed by atoms with van der Waals surface area (Å²) in [7, 11) is -3.61. The summed E-state index contributed by atoms with van der Waals surface area (Å²) in [5.41, 5.74) is 1.50. The van der Waals surface area contributed by atoms with Gasteiger partial charge in [-0.2, -0.15) is 18.9 Å². The van der Waals surface area contributed by atoms with E-state index in [2.05, 4.69) is 29.9 Å². The van der Waals surface area contributed by atoms with E-state index in [0.29, 0.717) is 43.0 Å². The summed E-state index contributed by atoms with van der Waals surface area (Å²) in [5.74, 6) is 1.44. The summed E-state index contributed by atoms with van der Waals surface area (Å²) in [6.07, 6.45) is 5.43. The van der Waals surface area contributed by atoms with Crippen molar-refractivity contribution in [1.82, 2.24) is 33.9 Å². The van der Waals surface area contributed by atoms with Gasteiger partial charge in [0, 0.05) is 55.7 Å². The van der Waals surface area contributed by atoms with Crippen LogP contribution in [0.4, 0.5) is 5.82 Å². The van der Waals surface area contributed by atoms with Gasteiger partial charge < -0.3 is 9.88 Å². The van der Waals surface area contributed by atoms with Gasteiger partial charge in [-0.05, 0) is 18.6 Å². The van der Waals surface area contributed by atoms with Crippen molar-refractivity contribution in [1.29, 1.82) is 0 Å². The van der Waals surface area contributed by atoms with Gasteiger partial charge in [-0.1, -0.05) is 6.92 Å². The molecule has 4 aromatic heterocycles. The minimum Gasteiger partial charge on any atom is -0.354 e. The summed E-state index contributed by atoms with van der Waals surface area (Å²) in [4.78, 5) is 18.2. The molecule has 4 aromatic rings. The third-order valence-corrected chi connectivity index (χ3v) is 7.18. The van der Waals surface area contributed by atoms with Gasteiger partial charge in [-0.15, -0.1) is 0 Å². The molecule has 29 heavy (non-hydrogen) atoms. The molecule has 1 saturated heterocycles. The quantitative estimate of drug-likeness (QED) is 0.534. The molecule has 0 atom stereocenters. The fourth-order valence-corrected chi connectivity index (χ4v) is 5.26. The van der Waals surface area contributed by atoms with Crippen LogP contribution in [0.15, 0.2) is 41.8 Å². The summed E-state index contributed by atoms with van der Waals surface area (Å²) in [6, 6.07) is 5.51. The van der Waals surface area contributed by atoms with Gasteiger partial charge in [0.05, 0.1) is 0 Å². The Labute approximate surface area is 167 Å². The largest absolute Gasteiger partial charge is 0.354 e. The second-order valence-electron chi connectivity index (χ2n) is 6.87. The predicted molar refractivity (Wildman–Crippen MR) is 107 cm³/mol. The number of hydrogen-bond acceptors (Lipinski definition) is 7. The maximum atomic E-state index is 13.2. The first-order valence-electron chi connectivity index (χ1n) is 9.45. The fraction of sp³-hybridized carbons (Fsp3) is 0.333. The lowest BCUT2D eigenvalue weighted by Crippen LogP contribution is -2.49. The van der Waals surface area contributed by atoms with Crippen LogP contribution in [0.2, 0.25) is 0 Å². The van der Waals surface area contributed by atoms with E-state index in [-0.39, 0.29) is 4.90 Å². The highest BCUT2D eigenvalue weighted by Gasteiger charge is 2.31. The van der Waals surface area contributed by atoms with Gasteiger partial charge in [0.1, 0.15) is 22.7 Å². The van der Waals surface area contributed by atoms with Crippen LogP contribution in [0.1, 0.15) is 12.6 Å². The molecule has 0 aliphatic carbocycles. The minimum absolute atomic E-state index is 0.268. The number of sulfonamides is 1. The molecule has 0 radical (unpaired) electrons. The lowest BCUT2D eigenvalue weighted by molar-refractivity contribution is 0.383. The molecule has 1 fully saturated rings. The van der Waals surface area contributed by atoms with Gasteiger partial charge in [-0.25, -0.2) is 18.4 Å². The Kier molecular flexibility index (Phi) is 4.21. The molecular weight excluding hydrogens is 392 g/mol. The number of aromatic amines is 1. The molecule has 1 aliphatic rings. The highest BCUT2D eigenvalue weighted by atomic mass is 32.2. The van der Waals surface area contributed by atoms with Crippen molar-refractivity contribution in [2.24, 2.45) is 0 Å². The first-order valence-corrected chi connectivity index (χ1v) is 10.9. The summed E-state index contributed by atoms with van der Waals surface area (Å²) < 4.78 is 29.6. The first kappa shape index (κ1) is 18.0. The van der Waals surface area contributed by atoms with E-state index in [4.69, 9.17) is 0 Å². The molecule has 1 N–H and O–H groups in total. The molecule has 0 saturated carbocycles. The summed E-state index contributed by atoms with van der Waals surface area (Å²) in [5, 5.41) is 4.88. The van der Waals surface area contributed by atoms with E-state index in [9.17, 15) is 8.42 Å². The number of piperazine rings is 1. The molecule has 5 heterocycles. The van der Waals surface area contributed by atoms with E-state index < -0.39 is 10.0 Å². The van der Waals surface area contributed by atoms with E-state index in [0.717, 1.165) is 17.9 Å². The second-order valence-corrected chi connectivity index (χ2v) is 8.78. The number of anilines is 1. The highest BCUT2D eigenvalue weighted by molar-refractivity contribution is 7.89. The monoisotopic (exact) mass is 412 g/mol. The van der Waals surface area contributed by atoms with Crippen LogP contribution in [0.3, 0.4) is 0 Å². The molecule has 0 amide bonds. The smallest absolute Gasteiger partial charge is 0.254 e. The number of nitrogens with zero attached hydrogens (tertiary/aromatic N) is 7. The maximum Gasteiger partial charge on any atom is 0.254 e. The van der Waals surface area contributed by atoms with Crippen molar-refractivity contribution >= 4 is 32.7 Å². The maximum absolute atomic E-state index is 13.2. The number of rotatable bonds is 4. The average molecular weight is 412 g/mol. The number of hydrogen-bond donors (Lipinski definition) is 1. The number of aromatic nitrogens is 6. The summed E-state index contributed by atoms with van der Waals surface area (Å²) in [6.45, 7) is 3.92. The number of aryl methyl sites for hydroxylation is 1. The fourth-order valence-electron chi connectivity index (χ4n) is 3.69. The van der Waals surface area contributed by atoms with Gasteiger partial charge in [0.2, 0.25) is 10.0 Å². The molecule has 1 aliphatic heterocycles. The van der Waals surface area contributed by atoms with Crippen LogP contribution in [-0.2, 0) is 16.4 Å². The Morgan fingerprint density at radius 3 is 2.79 bits per heavy atom. The number of pyridine rings is 1. The third-order valence-electron chi connectivity index (χ3n) is 5.24. The lowest BCUT2D eigenvalue weighted by atomic mass is 10.3. The zero-order chi connectivity index (χ0) is 20.0. The van der Waals surface area contributed by atoms with Gasteiger partial charge >= 0.3 is 0 Å². The highest BCUT2D eigenvalue weighted by Crippen LogP contribution is 2.26. The number of nitrogens with one attached hydrogen (secondary N) is 1. The molecule has 10 nitrogen and oxygen atoms in total. The normalized spacial score (nSPS) is 16.1. The van der Waals surface area contributed by atoms with Crippen molar-refractivity contribution in [3.8, 4) is 0 Å². The van der Waals surface area contributed by atoms with Crippen molar-refractivity contribution < 1.29 is 8.42 Å². The Morgan fingerprint density at radius 2 is 2.00 bits per heavy atom. The molecule has 0 aromatic carbocycles. The predicted octanol–water partition coefficient (Wildman–Crippen LogP) is 1.07. The Morgan fingerprint density at radius 1 is 1.17 bits per heavy atom. The van der Waals surface area contributed by atoms with Crippen molar-refractivity contribution in [3.05, 3.63) is 42.6 Å². The zero-order valence-electron chi connectivity index (χ0n) is 15.9. The van der Waals surface area contributed by atoms with E-state index in [1.54, 1.807) is 22.8 Å².